The normalized spacial score (nSPS) is 11.1. The third-order valence-corrected chi connectivity index (χ3v) is 6.58. The summed E-state index contributed by atoms with van der Waals surface area (Å²) in [4.78, 5) is 41.4. The monoisotopic (exact) mass is 495 g/mol. The number of carbonyl (C=O) groups excluding carboxylic acids is 1. The second-order valence-electron chi connectivity index (χ2n) is 6.95. The molecule has 0 fully saturated rings. The highest BCUT2D eigenvalue weighted by atomic mass is 32.1. The summed E-state index contributed by atoms with van der Waals surface area (Å²) < 4.78 is 11.8. The van der Waals surface area contributed by atoms with Crippen LogP contribution in [0.5, 0.6) is 0 Å². The Morgan fingerprint density at radius 2 is 2.00 bits per heavy atom. The minimum absolute atomic E-state index is 0.0421. The first-order valence-corrected chi connectivity index (χ1v) is 11.5. The van der Waals surface area contributed by atoms with E-state index in [1.54, 1.807) is 0 Å². The number of thiophene rings is 2. The zero-order valence-corrected chi connectivity index (χ0v) is 18.7. The molecule has 0 radical (unpaired) electrons. The van der Waals surface area contributed by atoms with Gasteiger partial charge in [0.05, 0.1) is 16.6 Å². The van der Waals surface area contributed by atoms with Gasteiger partial charge in [-0.15, -0.1) is 32.9 Å². The lowest BCUT2D eigenvalue weighted by atomic mass is 10.2. The molecule has 5 aromatic rings. The highest BCUT2D eigenvalue weighted by Gasteiger charge is 2.17. The summed E-state index contributed by atoms with van der Waals surface area (Å²) in [6, 6.07) is 9.42. The fourth-order valence-corrected chi connectivity index (χ4v) is 4.90. The van der Waals surface area contributed by atoms with E-state index in [0.717, 1.165) is 10.4 Å². The molecule has 0 aliphatic heterocycles. The Bertz CT molecular complexity index is 1550. The van der Waals surface area contributed by atoms with E-state index in [2.05, 4.69) is 15.2 Å². The number of carbonyl (C=O) groups is 1. The predicted molar refractivity (Wildman–Crippen MR) is 123 cm³/mol. The van der Waals surface area contributed by atoms with Crippen LogP contribution in [-0.2, 0) is 22.7 Å². The van der Waals surface area contributed by atoms with Crippen LogP contribution in [0.2, 0.25) is 0 Å². The molecule has 4 heterocycles. The minimum Gasteiger partial charge on any atom is -0.454 e. The molecular weight excluding hydrogens is 482 g/mol. The predicted octanol–water partition coefficient (Wildman–Crippen LogP) is 3.89. The number of ether oxygens (including phenoxy) is 1. The number of hydrogen-bond donors (Lipinski definition) is 0. The van der Waals surface area contributed by atoms with Crippen molar-refractivity contribution < 1.29 is 18.9 Å². The van der Waals surface area contributed by atoms with Gasteiger partial charge in [-0.05, 0) is 23.6 Å². The lowest BCUT2D eigenvalue weighted by molar-refractivity contribution is -0.384. The molecule has 0 spiro atoms. The summed E-state index contributed by atoms with van der Waals surface area (Å²) in [6.45, 7) is -0.618. The van der Waals surface area contributed by atoms with Gasteiger partial charge in [-0.3, -0.25) is 24.3 Å². The molecule has 0 aliphatic carbocycles. The van der Waals surface area contributed by atoms with Crippen molar-refractivity contribution in [2.75, 3.05) is 0 Å². The number of non-ortho nitro benzene ring substituents is 1. The number of rotatable bonds is 7. The fourth-order valence-electron chi connectivity index (χ4n) is 3.17. The van der Waals surface area contributed by atoms with Crippen molar-refractivity contribution in [2.24, 2.45) is 0 Å². The first-order chi connectivity index (χ1) is 16.5. The van der Waals surface area contributed by atoms with Gasteiger partial charge >= 0.3 is 5.97 Å². The van der Waals surface area contributed by atoms with Crippen LogP contribution >= 0.6 is 22.7 Å². The lowest BCUT2D eigenvalue weighted by Crippen LogP contribution is -2.25. The molecule has 0 saturated carbocycles. The maximum absolute atomic E-state index is 13.0. The molecule has 0 unspecified atom stereocenters. The molecule has 11 nitrogen and oxygen atoms in total. The van der Waals surface area contributed by atoms with E-state index in [4.69, 9.17) is 9.15 Å². The van der Waals surface area contributed by atoms with E-state index in [9.17, 15) is 19.7 Å². The van der Waals surface area contributed by atoms with Crippen LogP contribution < -0.4 is 5.56 Å². The number of esters is 1. The van der Waals surface area contributed by atoms with Crippen molar-refractivity contribution in [1.29, 1.82) is 0 Å². The van der Waals surface area contributed by atoms with Crippen molar-refractivity contribution in [1.82, 2.24) is 19.7 Å². The zero-order valence-electron chi connectivity index (χ0n) is 17.1. The smallest absolute Gasteiger partial charge is 0.326 e. The van der Waals surface area contributed by atoms with Crippen molar-refractivity contribution in [3.05, 3.63) is 79.8 Å². The van der Waals surface area contributed by atoms with Gasteiger partial charge in [0.25, 0.3) is 17.1 Å². The number of nitro benzene ring substituents is 1. The van der Waals surface area contributed by atoms with Crippen molar-refractivity contribution >= 4 is 44.5 Å². The van der Waals surface area contributed by atoms with Gasteiger partial charge in [0.1, 0.15) is 11.4 Å². The molecule has 0 aliphatic rings. The van der Waals surface area contributed by atoms with Gasteiger partial charge in [-0.2, -0.15) is 0 Å². The highest BCUT2D eigenvalue weighted by Crippen LogP contribution is 2.33. The largest absolute Gasteiger partial charge is 0.454 e. The second kappa shape index (κ2) is 8.96. The standard InChI is InChI=1S/C21H13N5O6S2/c27-17(31-9-16-23-24-19(32-16)12-3-5-13(6-4-12)26(29)30)8-25-11-22-20-18(21(25)28)14(10-34-20)15-2-1-7-33-15/h1-7,10-11H,8-9H2. The van der Waals surface area contributed by atoms with Crippen molar-refractivity contribution in [3.8, 4) is 21.9 Å². The van der Waals surface area contributed by atoms with Crippen LogP contribution in [0.1, 0.15) is 5.89 Å². The molecule has 0 amide bonds. The van der Waals surface area contributed by atoms with Crippen LogP contribution in [0.15, 0.2) is 62.7 Å². The molecule has 5 rings (SSSR count). The van der Waals surface area contributed by atoms with E-state index in [0.29, 0.717) is 15.8 Å². The summed E-state index contributed by atoms with van der Waals surface area (Å²) in [7, 11) is 0. The van der Waals surface area contributed by atoms with E-state index >= 15 is 0 Å². The number of hydrogen-bond acceptors (Lipinski definition) is 11. The maximum Gasteiger partial charge on any atom is 0.326 e. The van der Waals surface area contributed by atoms with E-state index in [1.807, 2.05) is 22.9 Å². The first kappa shape index (κ1) is 21.6. The zero-order chi connectivity index (χ0) is 23.7. The van der Waals surface area contributed by atoms with Crippen molar-refractivity contribution in [2.45, 2.75) is 13.2 Å². The minimum atomic E-state index is -0.675. The van der Waals surface area contributed by atoms with Crippen molar-refractivity contribution in [3.63, 3.8) is 0 Å². The molecule has 1 aromatic carbocycles. The molecule has 13 heteroatoms. The van der Waals surface area contributed by atoms with Crippen LogP contribution in [0.25, 0.3) is 32.1 Å². The number of fused-ring (bicyclic) bond motifs is 1. The SMILES string of the molecule is O=C(Cn1cnc2scc(-c3cccs3)c2c1=O)OCc1nnc(-c2ccc([N+](=O)[O-])cc2)o1. The van der Waals surface area contributed by atoms with Gasteiger partial charge in [-0.1, -0.05) is 6.07 Å². The Morgan fingerprint density at radius 1 is 1.18 bits per heavy atom. The Labute approximate surface area is 198 Å². The van der Waals surface area contributed by atoms with E-state index in [-0.39, 0.29) is 36.2 Å². The first-order valence-electron chi connectivity index (χ1n) is 9.73. The molecule has 0 N–H and O–H groups in total. The van der Waals surface area contributed by atoms with Gasteiger partial charge in [0.15, 0.2) is 6.61 Å². The van der Waals surface area contributed by atoms with E-state index < -0.39 is 10.9 Å². The summed E-state index contributed by atoms with van der Waals surface area (Å²) in [6.07, 6.45) is 1.32. The molecule has 170 valence electrons. The molecule has 0 bridgehead atoms. The van der Waals surface area contributed by atoms with Crippen LogP contribution in [-0.4, -0.2) is 30.6 Å². The Balaban J connectivity index is 1.26. The third kappa shape index (κ3) is 4.21. The lowest BCUT2D eigenvalue weighted by Gasteiger charge is -2.05. The van der Waals surface area contributed by atoms with Crippen LogP contribution in [0.3, 0.4) is 0 Å². The van der Waals surface area contributed by atoms with Gasteiger partial charge in [0.2, 0.25) is 5.89 Å². The highest BCUT2D eigenvalue weighted by molar-refractivity contribution is 7.18. The number of nitro groups is 1. The molecule has 0 atom stereocenters. The molecule has 0 saturated heterocycles. The topological polar surface area (TPSA) is 143 Å². The molecule has 4 aromatic heterocycles. The summed E-state index contributed by atoms with van der Waals surface area (Å²) >= 11 is 2.89. The number of benzene rings is 1. The Hall–Kier alpha value is -4.23. The average molecular weight is 495 g/mol. The summed E-state index contributed by atoms with van der Waals surface area (Å²) in [5.41, 5.74) is 0.883. The Morgan fingerprint density at radius 3 is 2.74 bits per heavy atom. The summed E-state index contributed by atoms with van der Waals surface area (Å²) in [5.74, 6) is -0.503. The van der Waals surface area contributed by atoms with E-state index in [1.165, 1.54) is 57.8 Å². The maximum atomic E-state index is 13.0. The van der Waals surface area contributed by atoms with Gasteiger partial charge in [0, 0.05) is 33.5 Å². The molecule has 34 heavy (non-hydrogen) atoms. The number of aromatic nitrogens is 4. The fraction of sp³-hybridized carbons (Fsp3) is 0.0952. The molecular formula is C21H13N5O6S2. The summed E-state index contributed by atoms with van der Waals surface area (Å²) in [5, 5.41) is 22.7. The average Bonchev–Trinajstić information content (AvgIpc) is 3.60. The van der Waals surface area contributed by atoms with Gasteiger partial charge in [-0.25, -0.2) is 4.98 Å². The quantitative estimate of drug-likeness (QED) is 0.187. The second-order valence-corrected chi connectivity index (χ2v) is 8.76. The van der Waals surface area contributed by atoms with Gasteiger partial charge < -0.3 is 9.15 Å². The third-order valence-electron chi connectivity index (χ3n) is 4.80. The number of nitrogens with zero attached hydrogens (tertiary/aromatic N) is 5. The van der Waals surface area contributed by atoms with Crippen LogP contribution in [0, 0.1) is 10.1 Å². The Kier molecular flexibility index (Phi) is 5.69. The van der Waals surface area contributed by atoms with Crippen LogP contribution in [0.4, 0.5) is 5.69 Å².